The Kier molecular flexibility index (Phi) is 2.99. The van der Waals surface area contributed by atoms with E-state index in [9.17, 15) is 9.18 Å². The molecule has 0 radical (unpaired) electrons. The zero-order valence-electron chi connectivity index (χ0n) is 11.8. The molecule has 0 atom stereocenters. The van der Waals surface area contributed by atoms with Gasteiger partial charge in [-0.25, -0.2) is 4.39 Å². The molecule has 2 aromatic rings. The molecule has 4 nitrogen and oxygen atoms in total. The van der Waals surface area contributed by atoms with Crippen molar-refractivity contribution in [3.8, 4) is 11.5 Å². The van der Waals surface area contributed by atoms with Gasteiger partial charge in [0.25, 0.3) is 5.91 Å². The lowest BCUT2D eigenvalue weighted by Gasteiger charge is -2.14. The van der Waals surface area contributed by atoms with Crippen LogP contribution < -0.4 is 14.8 Å². The molecule has 5 heteroatoms. The number of hydrogen-bond donors (Lipinski definition) is 1. The summed E-state index contributed by atoms with van der Waals surface area (Å²) in [5, 5.41) is 2.88. The van der Waals surface area contributed by atoms with Crippen LogP contribution in [0, 0.1) is 5.82 Å². The summed E-state index contributed by atoms with van der Waals surface area (Å²) in [6.45, 7) is 1.20. The highest BCUT2D eigenvalue weighted by Gasteiger charge is 2.27. The largest absolute Gasteiger partial charge is 0.493 e. The highest BCUT2D eigenvalue weighted by Crippen LogP contribution is 2.44. The number of carbonyl (C=O) groups is 1. The molecule has 0 aliphatic carbocycles. The van der Waals surface area contributed by atoms with Crippen LogP contribution >= 0.6 is 0 Å². The Morgan fingerprint density at radius 2 is 2.00 bits per heavy atom. The lowest BCUT2D eigenvalue weighted by atomic mass is 10.0. The van der Waals surface area contributed by atoms with Crippen LogP contribution in [0.15, 0.2) is 30.3 Å². The van der Waals surface area contributed by atoms with Crippen LogP contribution in [-0.4, -0.2) is 19.1 Å². The summed E-state index contributed by atoms with van der Waals surface area (Å²) in [5.41, 5.74) is 2.93. The number of halogens is 1. The molecule has 0 unspecified atom stereocenters. The number of anilines is 1. The van der Waals surface area contributed by atoms with Crippen LogP contribution in [0.25, 0.3) is 0 Å². The summed E-state index contributed by atoms with van der Waals surface area (Å²) in [4.78, 5) is 12.4. The number of rotatable bonds is 2. The van der Waals surface area contributed by atoms with Crippen LogP contribution in [0.4, 0.5) is 10.1 Å². The lowest BCUT2D eigenvalue weighted by Crippen LogP contribution is -2.14. The summed E-state index contributed by atoms with van der Waals surface area (Å²) in [6.07, 6.45) is 1.53. The molecule has 1 N–H and O–H groups in total. The van der Waals surface area contributed by atoms with Gasteiger partial charge in [-0.2, -0.15) is 0 Å². The maximum Gasteiger partial charge on any atom is 0.255 e. The zero-order valence-corrected chi connectivity index (χ0v) is 11.8. The van der Waals surface area contributed by atoms with Crippen molar-refractivity contribution in [2.24, 2.45) is 0 Å². The Hall–Kier alpha value is -2.56. The molecule has 2 aliphatic heterocycles. The summed E-state index contributed by atoms with van der Waals surface area (Å²) >= 11 is 0. The third-order valence-electron chi connectivity index (χ3n) is 3.98. The first-order valence-corrected chi connectivity index (χ1v) is 7.23. The SMILES string of the molecule is O=C(Nc1c2c(cc3c1OCC3)OCC2)c1cccc(F)c1. The fourth-order valence-corrected chi connectivity index (χ4v) is 2.93. The van der Waals surface area contributed by atoms with Crippen LogP contribution in [-0.2, 0) is 12.8 Å². The van der Waals surface area contributed by atoms with Crippen molar-refractivity contribution < 1.29 is 18.7 Å². The van der Waals surface area contributed by atoms with E-state index in [1.165, 1.54) is 18.2 Å². The van der Waals surface area contributed by atoms with Crippen molar-refractivity contribution in [2.45, 2.75) is 12.8 Å². The van der Waals surface area contributed by atoms with E-state index in [-0.39, 0.29) is 11.5 Å². The molecule has 1 amide bonds. The van der Waals surface area contributed by atoms with Gasteiger partial charge in [-0.3, -0.25) is 4.79 Å². The molecular weight excluding hydrogens is 285 g/mol. The average molecular weight is 299 g/mol. The molecule has 0 fully saturated rings. The van der Waals surface area contributed by atoms with E-state index < -0.39 is 5.82 Å². The van der Waals surface area contributed by atoms with Gasteiger partial charge in [-0.15, -0.1) is 0 Å². The molecule has 0 aromatic heterocycles. The average Bonchev–Trinajstić information content (AvgIpc) is 3.15. The Bertz CT molecular complexity index is 740. The maximum atomic E-state index is 13.3. The highest BCUT2D eigenvalue weighted by atomic mass is 19.1. The molecule has 112 valence electrons. The first-order valence-electron chi connectivity index (χ1n) is 7.23. The molecule has 0 spiro atoms. The molecule has 2 aliphatic rings. The van der Waals surface area contributed by atoms with Crippen LogP contribution in [0.2, 0.25) is 0 Å². The number of ether oxygens (including phenoxy) is 2. The molecular formula is C17H14FNO3. The standard InChI is InChI=1S/C17H14FNO3/c18-12-3-1-2-11(8-12)17(20)19-15-13-5-7-21-14(13)9-10-4-6-22-16(10)15/h1-3,8-9H,4-7H2,(H,19,20). The van der Waals surface area contributed by atoms with Gasteiger partial charge < -0.3 is 14.8 Å². The molecule has 2 heterocycles. The van der Waals surface area contributed by atoms with Gasteiger partial charge in [0.15, 0.2) is 0 Å². The predicted octanol–water partition coefficient (Wildman–Crippen LogP) is 2.95. The second-order valence-electron chi connectivity index (χ2n) is 5.38. The highest BCUT2D eigenvalue weighted by molar-refractivity contribution is 6.06. The number of fused-ring (bicyclic) bond motifs is 2. The van der Waals surface area contributed by atoms with Crippen LogP contribution in [0.3, 0.4) is 0 Å². The van der Waals surface area contributed by atoms with E-state index in [0.717, 1.165) is 29.7 Å². The Morgan fingerprint density at radius 3 is 2.86 bits per heavy atom. The second-order valence-corrected chi connectivity index (χ2v) is 5.38. The van der Waals surface area contributed by atoms with Gasteiger partial charge in [0.2, 0.25) is 0 Å². The summed E-state index contributed by atoms with van der Waals surface area (Å²) < 4.78 is 24.6. The van der Waals surface area contributed by atoms with Crippen molar-refractivity contribution in [3.05, 3.63) is 52.8 Å². The Labute approximate surface area is 126 Å². The van der Waals surface area contributed by atoms with Crippen molar-refractivity contribution in [1.82, 2.24) is 0 Å². The van der Waals surface area contributed by atoms with Gasteiger partial charge in [0, 0.05) is 29.5 Å². The monoisotopic (exact) mass is 299 g/mol. The number of benzene rings is 2. The second kappa shape index (κ2) is 5.02. The topological polar surface area (TPSA) is 47.6 Å². The smallest absolute Gasteiger partial charge is 0.255 e. The van der Waals surface area contributed by atoms with E-state index in [0.29, 0.717) is 24.7 Å². The minimum Gasteiger partial charge on any atom is -0.493 e. The number of carbonyl (C=O) groups excluding carboxylic acids is 1. The number of nitrogens with one attached hydrogen (secondary N) is 1. The zero-order chi connectivity index (χ0) is 15.1. The van der Waals surface area contributed by atoms with E-state index >= 15 is 0 Å². The van der Waals surface area contributed by atoms with Crippen molar-refractivity contribution >= 4 is 11.6 Å². The Morgan fingerprint density at radius 1 is 1.14 bits per heavy atom. The summed E-state index contributed by atoms with van der Waals surface area (Å²) in [5.74, 6) is 0.737. The minimum absolute atomic E-state index is 0.281. The molecule has 0 bridgehead atoms. The predicted molar refractivity (Wildman–Crippen MR) is 79.2 cm³/mol. The molecule has 0 saturated heterocycles. The van der Waals surface area contributed by atoms with Gasteiger partial charge in [0.05, 0.1) is 18.9 Å². The lowest BCUT2D eigenvalue weighted by molar-refractivity contribution is 0.102. The number of amides is 1. The van der Waals surface area contributed by atoms with E-state index in [1.54, 1.807) is 6.07 Å². The molecule has 4 rings (SSSR count). The fraction of sp³-hybridized carbons (Fsp3) is 0.235. The molecule has 22 heavy (non-hydrogen) atoms. The third kappa shape index (κ3) is 2.09. The molecule has 0 saturated carbocycles. The van der Waals surface area contributed by atoms with Crippen LogP contribution in [0.5, 0.6) is 11.5 Å². The quantitative estimate of drug-likeness (QED) is 0.927. The third-order valence-corrected chi connectivity index (χ3v) is 3.98. The van der Waals surface area contributed by atoms with E-state index in [2.05, 4.69) is 5.32 Å². The van der Waals surface area contributed by atoms with E-state index in [4.69, 9.17) is 9.47 Å². The van der Waals surface area contributed by atoms with Crippen molar-refractivity contribution in [1.29, 1.82) is 0 Å². The summed E-state index contributed by atoms with van der Waals surface area (Å²) in [6, 6.07) is 7.62. The van der Waals surface area contributed by atoms with Crippen molar-refractivity contribution in [3.63, 3.8) is 0 Å². The fourth-order valence-electron chi connectivity index (χ4n) is 2.93. The number of hydrogen-bond acceptors (Lipinski definition) is 3. The Balaban J connectivity index is 1.73. The van der Waals surface area contributed by atoms with Gasteiger partial charge in [-0.05, 0) is 24.3 Å². The van der Waals surface area contributed by atoms with Gasteiger partial charge in [-0.1, -0.05) is 6.07 Å². The normalized spacial score (nSPS) is 14.8. The van der Waals surface area contributed by atoms with Gasteiger partial charge >= 0.3 is 0 Å². The maximum absolute atomic E-state index is 13.3. The molecule has 2 aromatic carbocycles. The summed E-state index contributed by atoms with van der Waals surface area (Å²) in [7, 11) is 0. The van der Waals surface area contributed by atoms with Gasteiger partial charge in [0.1, 0.15) is 17.3 Å². The van der Waals surface area contributed by atoms with Crippen molar-refractivity contribution in [2.75, 3.05) is 18.5 Å². The van der Waals surface area contributed by atoms with E-state index in [1.807, 2.05) is 6.07 Å². The van der Waals surface area contributed by atoms with Crippen LogP contribution in [0.1, 0.15) is 21.5 Å². The minimum atomic E-state index is -0.434. The first kappa shape index (κ1) is 13.1. The first-order chi connectivity index (χ1) is 10.7.